The molecule has 6 heteroatoms. The molecular weight excluding hydrogens is 234 g/mol. The number of likely N-dealkylation sites (N-methyl/N-ethyl adjacent to an activating group) is 1. The third kappa shape index (κ3) is 4.62. The first-order valence-electron chi connectivity index (χ1n) is 6.16. The van der Waals surface area contributed by atoms with Gasteiger partial charge in [0.1, 0.15) is 0 Å². The standard InChI is InChI=1S/C12H23N3O3/c1-12(2,3)14-10(17)7-15(4)11(18)9-5-8(16)6-13-9/h8-9,13,16H,5-7H2,1-4H3,(H,14,17). The second kappa shape index (κ2) is 5.67. The highest BCUT2D eigenvalue weighted by atomic mass is 16.3. The topological polar surface area (TPSA) is 81.7 Å². The van der Waals surface area contributed by atoms with Gasteiger partial charge in [-0.05, 0) is 27.2 Å². The molecule has 1 heterocycles. The Balaban J connectivity index is 2.43. The summed E-state index contributed by atoms with van der Waals surface area (Å²) in [4.78, 5) is 25.0. The number of rotatable bonds is 3. The van der Waals surface area contributed by atoms with E-state index >= 15 is 0 Å². The van der Waals surface area contributed by atoms with Crippen molar-refractivity contribution in [1.82, 2.24) is 15.5 Å². The third-order valence-electron chi connectivity index (χ3n) is 2.68. The van der Waals surface area contributed by atoms with Crippen molar-refractivity contribution in [2.45, 2.75) is 44.9 Å². The summed E-state index contributed by atoms with van der Waals surface area (Å²) in [5.74, 6) is -0.340. The quantitative estimate of drug-likeness (QED) is 0.611. The van der Waals surface area contributed by atoms with Crippen LogP contribution in [0.15, 0.2) is 0 Å². The fraction of sp³-hybridized carbons (Fsp3) is 0.833. The van der Waals surface area contributed by atoms with Crippen LogP contribution in [-0.2, 0) is 9.59 Å². The molecular formula is C12H23N3O3. The third-order valence-corrected chi connectivity index (χ3v) is 2.68. The predicted octanol–water partition coefficient (Wildman–Crippen LogP) is -0.918. The van der Waals surface area contributed by atoms with Crippen molar-refractivity contribution in [1.29, 1.82) is 0 Å². The molecule has 0 radical (unpaired) electrons. The van der Waals surface area contributed by atoms with Crippen molar-refractivity contribution in [3.8, 4) is 0 Å². The molecule has 1 aliphatic heterocycles. The van der Waals surface area contributed by atoms with Gasteiger partial charge in [0.2, 0.25) is 11.8 Å². The van der Waals surface area contributed by atoms with Crippen LogP contribution < -0.4 is 10.6 Å². The minimum Gasteiger partial charge on any atom is -0.392 e. The lowest BCUT2D eigenvalue weighted by Crippen LogP contribution is -2.49. The van der Waals surface area contributed by atoms with Crippen LogP contribution in [0.4, 0.5) is 0 Å². The van der Waals surface area contributed by atoms with Gasteiger partial charge in [-0.3, -0.25) is 9.59 Å². The fourth-order valence-corrected chi connectivity index (χ4v) is 1.92. The van der Waals surface area contributed by atoms with Crippen LogP contribution in [0.5, 0.6) is 0 Å². The lowest BCUT2D eigenvalue weighted by atomic mass is 10.1. The Kier molecular flexibility index (Phi) is 4.70. The van der Waals surface area contributed by atoms with E-state index in [9.17, 15) is 14.7 Å². The van der Waals surface area contributed by atoms with Crippen LogP contribution in [0.25, 0.3) is 0 Å². The molecule has 104 valence electrons. The molecule has 0 saturated carbocycles. The number of aliphatic hydroxyl groups is 1. The van der Waals surface area contributed by atoms with E-state index in [1.165, 1.54) is 4.90 Å². The summed E-state index contributed by atoms with van der Waals surface area (Å²) in [6.07, 6.45) is -0.0693. The molecule has 1 aliphatic rings. The second-order valence-electron chi connectivity index (χ2n) is 5.84. The van der Waals surface area contributed by atoms with Gasteiger partial charge in [0, 0.05) is 19.1 Å². The Labute approximate surface area is 108 Å². The van der Waals surface area contributed by atoms with Crippen LogP contribution in [0.1, 0.15) is 27.2 Å². The van der Waals surface area contributed by atoms with Gasteiger partial charge in [0.25, 0.3) is 0 Å². The number of amides is 2. The fourth-order valence-electron chi connectivity index (χ4n) is 1.92. The van der Waals surface area contributed by atoms with Crippen molar-refractivity contribution in [2.75, 3.05) is 20.1 Å². The van der Waals surface area contributed by atoms with Crippen molar-refractivity contribution in [3.05, 3.63) is 0 Å². The van der Waals surface area contributed by atoms with Crippen LogP contribution in [0, 0.1) is 0 Å². The highest BCUT2D eigenvalue weighted by molar-refractivity contribution is 5.87. The van der Waals surface area contributed by atoms with E-state index in [4.69, 9.17) is 0 Å². The largest absolute Gasteiger partial charge is 0.392 e. The zero-order chi connectivity index (χ0) is 13.9. The Morgan fingerprint density at radius 2 is 2.06 bits per heavy atom. The van der Waals surface area contributed by atoms with Crippen molar-refractivity contribution < 1.29 is 14.7 Å². The van der Waals surface area contributed by atoms with E-state index in [0.717, 1.165) is 0 Å². The lowest BCUT2D eigenvalue weighted by molar-refractivity contribution is -0.136. The zero-order valence-electron chi connectivity index (χ0n) is 11.5. The minimum absolute atomic E-state index is 0.0321. The molecule has 3 N–H and O–H groups in total. The molecule has 2 unspecified atom stereocenters. The smallest absolute Gasteiger partial charge is 0.240 e. The van der Waals surface area contributed by atoms with Crippen molar-refractivity contribution >= 4 is 11.8 Å². The molecule has 6 nitrogen and oxygen atoms in total. The molecule has 0 aromatic heterocycles. The average molecular weight is 257 g/mol. The number of β-amino-alcohol motifs (C(OH)–C–C–N with tert-alkyl or cyclic N) is 1. The molecule has 18 heavy (non-hydrogen) atoms. The highest BCUT2D eigenvalue weighted by Gasteiger charge is 2.30. The lowest BCUT2D eigenvalue weighted by Gasteiger charge is -2.24. The van der Waals surface area contributed by atoms with Gasteiger partial charge in [-0.2, -0.15) is 0 Å². The maximum absolute atomic E-state index is 12.0. The number of carbonyl (C=O) groups excluding carboxylic acids is 2. The number of nitrogens with zero attached hydrogens (tertiary/aromatic N) is 1. The van der Waals surface area contributed by atoms with E-state index in [1.807, 2.05) is 20.8 Å². The summed E-state index contributed by atoms with van der Waals surface area (Å²) in [5.41, 5.74) is -0.303. The van der Waals surface area contributed by atoms with E-state index in [0.29, 0.717) is 13.0 Å². The molecule has 1 fully saturated rings. The Hall–Kier alpha value is -1.14. The molecule has 0 aromatic rings. The summed E-state index contributed by atoms with van der Waals surface area (Å²) in [6, 6.07) is -0.382. The van der Waals surface area contributed by atoms with Crippen LogP contribution in [0.2, 0.25) is 0 Å². The number of carbonyl (C=O) groups is 2. The molecule has 0 spiro atoms. The van der Waals surface area contributed by atoms with Gasteiger partial charge in [0.05, 0.1) is 18.7 Å². The summed E-state index contributed by atoms with van der Waals surface area (Å²) in [5, 5.41) is 15.1. The van der Waals surface area contributed by atoms with Gasteiger partial charge in [-0.15, -0.1) is 0 Å². The first-order valence-corrected chi connectivity index (χ1v) is 6.16. The molecule has 0 aromatic carbocycles. The van der Waals surface area contributed by atoms with Crippen LogP contribution in [0.3, 0.4) is 0 Å². The van der Waals surface area contributed by atoms with E-state index in [-0.39, 0.29) is 29.9 Å². The second-order valence-corrected chi connectivity index (χ2v) is 5.84. The number of aliphatic hydroxyl groups excluding tert-OH is 1. The first-order chi connectivity index (χ1) is 8.19. The molecule has 1 saturated heterocycles. The van der Waals surface area contributed by atoms with Crippen LogP contribution in [-0.4, -0.2) is 59.6 Å². The number of hydrogen-bond donors (Lipinski definition) is 3. The Bertz CT molecular complexity index is 325. The van der Waals surface area contributed by atoms with Crippen molar-refractivity contribution in [3.63, 3.8) is 0 Å². The highest BCUT2D eigenvalue weighted by Crippen LogP contribution is 2.08. The van der Waals surface area contributed by atoms with Crippen molar-refractivity contribution in [2.24, 2.45) is 0 Å². The van der Waals surface area contributed by atoms with E-state index < -0.39 is 6.10 Å². The summed E-state index contributed by atoms with van der Waals surface area (Å²) in [6.45, 7) is 6.13. The van der Waals surface area contributed by atoms with E-state index in [1.54, 1.807) is 7.05 Å². The zero-order valence-corrected chi connectivity index (χ0v) is 11.5. The average Bonchev–Trinajstić information content (AvgIpc) is 2.60. The molecule has 0 aliphatic carbocycles. The molecule has 1 rings (SSSR count). The number of hydrogen-bond acceptors (Lipinski definition) is 4. The normalized spacial score (nSPS) is 23.8. The van der Waals surface area contributed by atoms with E-state index in [2.05, 4.69) is 10.6 Å². The molecule has 2 atom stereocenters. The van der Waals surface area contributed by atoms with Gasteiger partial charge in [-0.1, -0.05) is 0 Å². The monoisotopic (exact) mass is 257 g/mol. The molecule has 2 amide bonds. The Morgan fingerprint density at radius 3 is 2.50 bits per heavy atom. The summed E-state index contributed by atoms with van der Waals surface area (Å²) in [7, 11) is 1.59. The van der Waals surface area contributed by atoms with Crippen LogP contribution >= 0.6 is 0 Å². The van der Waals surface area contributed by atoms with Gasteiger partial charge < -0.3 is 20.6 Å². The number of nitrogens with one attached hydrogen (secondary N) is 2. The first kappa shape index (κ1) is 14.9. The molecule has 0 bridgehead atoms. The van der Waals surface area contributed by atoms with Gasteiger partial charge >= 0.3 is 0 Å². The summed E-state index contributed by atoms with van der Waals surface area (Å²) >= 11 is 0. The minimum atomic E-state index is -0.476. The SMILES string of the molecule is CN(CC(=O)NC(C)(C)C)C(=O)C1CC(O)CN1. The predicted molar refractivity (Wildman–Crippen MR) is 67.9 cm³/mol. The summed E-state index contributed by atoms with van der Waals surface area (Å²) < 4.78 is 0. The maximum Gasteiger partial charge on any atom is 0.240 e. The maximum atomic E-state index is 12.0. The Morgan fingerprint density at radius 1 is 1.44 bits per heavy atom. The van der Waals surface area contributed by atoms with Gasteiger partial charge in [-0.25, -0.2) is 0 Å². The van der Waals surface area contributed by atoms with Gasteiger partial charge in [0.15, 0.2) is 0 Å².